The lowest BCUT2D eigenvalue weighted by atomic mass is 9.99. The summed E-state index contributed by atoms with van der Waals surface area (Å²) >= 11 is 0. The molecule has 11 nitrogen and oxygen atoms in total. The van der Waals surface area contributed by atoms with E-state index < -0.39 is 49.5 Å². The molecule has 86 heavy (non-hydrogen) atoms. The fourth-order valence-electron chi connectivity index (χ4n) is 11.9. The van der Waals surface area contributed by atoms with Gasteiger partial charge in [-0.3, -0.25) is 9.59 Å². The Hall–Kier alpha value is -2.12. The van der Waals surface area contributed by atoms with Gasteiger partial charge in [0, 0.05) is 12.8 Å². The van der Waals surface area contributed by atoms with Crippen molar-refractivity contribution in [3.63, 3.8) is 0 Å². The van der Waals surface area contributed by atoms with Crippen LogP contribution in [0, 0.1) is 0 Å². The minimum absolute atomic E-state index is 0.0170. The zero-order chi connectivity index (χ0) is 62.3. The van der Waals surface area contributed by atoms with E-state index in [0.29, 0.717) is 19.4 Å². The lowest BCUT2D eigenvalue weighted by molar-refractivity contribution is -0.302. The quantitative estimate of drug-likeness (QED) is 0.0195. The SMILES string of the molecule is CC/C=C/CC/C=C/CC/C=C/C(O)C(COC1OC(CO)C(O)C(O)C1O)NC(=O)CCCCCCCCCCCCCCCCCCCCCCCCCCCCCCCCCCCCCCCOC(=O)CCCCCCCCCCCCC. The number of aliphatic hydroxyl groups excluding tert-OH is 5. The molecule has 1 amide bonds. The van der Waals surface area contributed by atoms with Crippen LogP contribution in [0.2, 0.25) is 0 Å². The minimum Gasteiger partial charge on any atom is -0.466 e. The van der Waals surface area contributed by atoms with Crippen LogP contribution >= 0.6 is 0 Å². The van der Waals surface area contributed by atoms with Crippen molar-refractivity contribution < 1.29 is 49.3 Å². The van der Waals surface area contributed by atoms with Crippen LogP contribution in [0.4, 0.5) is 0 Å². The van der Waals surface area contributed by atoms with Gasteiger partial charge < -0.3 is 45.1 Å². The minimum atomic E-state index is -1.58. The van der Waals surface area contributed by atoms with Crippen LogP contribution in [-0.2, 0) is 23.8 Å². The lowest BCUT2D eigenvalue weighted by Gasteiger charge is -2.40. The molecule has 11 heteroatoms. The third-order valence-electron chi connectivity index (χ3n) is 17.7. The number of allylic oxidation sites excluding steroid dienone is 5. The molecule has 7 atom stereocenters. The van der Waals surface area contributed by atoms with E-state index in [0.717, 1.165) is 64.2 Å². The van der Waals surface area contributed by atoms with Crippen LogP contribution in [0.3, 0.4) is 0 Å². The molecule has 506 valence electrons. The van der Waals surface area contributed by atoms with Gasteiger partial charge in [-0.2, -0.15) is 0 Å². The first-order chi connectivity index (χ1) is 42.2. The van der Waals surface area contributed by atoms with Gasteiger partial charge in [0.05, 0.1) is 32.0 Å². The summed E-state index contributed by atoms with van der Waals surface area (Å²) in [4.78, 5) is 25.0. The van der Waals surface area contributed by atoms with Crippen LogP contribution in [-0.4, -0.2) is 100 Å². The Balaban J connectivity index is 1.87. The van der Waals surface area contributed by atoms with Gasteiger partial charge in [0.15, 0.2) is 6.29 Å². The van der Waals surface area contributed by atoms with Crippen molar-refractivity contribution in [2.24, 2.45) is 0 Å². The molecule has 0 aliphatic carbocycles. The summed E-state index contributed by atoms with van der Waals surface area (Å²) in [7, 11) is 0. The molecule has 1 fully saturated rings. The third kappa shape index (κ3) is 52.6. The monoisotopic (exact) mass is 1220 g/mol. The summed E-state index contributed by atoms with van der Waals surface area (Å²) in [5, 5.41) is 54.3. The van der Waals surface area contributed by atoms with Gasteiger partial charge in [0.1, 0.15) is 24.4 Å². The van der Waals surface area contributed by atoms with E-state index in [-0.39, 0.29) is 18.5 Å². The summed E-state index contributed by atoms with van der Waals surface area (Å²) in [6.07, 6.45) is 73.4. The van der Waals surface area contributed by atoms with Crippen LogP contribution in [0.1, 0.15) is 367 Å². The summed E-state index contributed by atoms with van der Waals surface area (Å²) in [6, 6.07) is -0.829. The van der Waals surface area contributed by atoms with Crippen molar-refractivity contribution in [1.82, 2.24) is 5.32 Å². The largest absolute Gasteiger partial charge is 0.466 e. The molecule has 1 aliphatic rings. The maximum atomic E-state index is 13.0. The fourth-order valence-corrected chi connectivity index (χ4v) is 11.9. The van der Waals surface area contributed by atoms with E-state index in [2.05, 4.69) is 43.5 Å². The molecule has 0 aromatic rings. The molecule has 0 aromatic heterocycles. The highest BCUT2D eigenvalue weighted by atomic mass is 16.7. The third-order valence-corrected chi connectivity index (χ3v) is 17.7. The van der Waals surface area contributed by atoms with Crippen molar-refractivity contribution >= 4 is 11.9 Å². The zero-order valence-electron chi connectivity index (χ0n) is 56.3. The molecular formula is C75H141NO10. The van der Waals surface area contributed by atoms with Gasteiger partial charge in [-0.1, -0.05) is 339 Å². The first kappa shape index (κ1) is 81.9. The molecule has 0 bridgehead atoms. The topological polar surface area (TPSA) is 175 Å². The van der Waals surface area contributed by atoms with E-state index in [1.54, 1.807) is 6.08 Å². The average molecular weight is 1220 g/mol. The Morgan fingerprint density at radius 3 is 1.14 bits per heavy atom. The number of aliphatic hydroxyl groups is 5. The molecule has 1 rings (SSSR count). The number of hydrogen-bond acceptors (Lipinski definition) is 10. The second-order valence-electron chi connectivity index (χ2n) is 26.0. The van der Waals surface area contributed by atoms with Crippen LogP contribution in [0.15, 0.2) is 36.5 Å². The van der Waals surface area contributed by atoms with E-state index >= 15 is 0 Å². The fraction of sp³-hybridized carbons (Fsp3) is 0.893. The van der Waals surface area contributed by atoms with Crippen molar-refractivity contribution in [3.05, 3.63) is 36.5 Å². The second-order valence-corrected chi connectivity index (χ2v) is 26.0. The highest BCUT2D eigenvalue weighted by molar-refractivity contribution is 5.76. The number of hydrogen-bond donors (Lipinski definition) is 6. The van der Waals surface area contributed by atoms with Crippen molar-refractivity contribution in [3.8, 4) is 0 Å². The summed E-state index contributed by atoms with van der Waals surface area (Å²) in [5.41, 5.74) is 0. The van der Waals surface area contributed by atoms with Crippen LogP contribution in [0.25, 0.3) is 0 Å². The molecule has 0 saturated carbocycles. The molecule has 1 heterocycles. The first-order valence-electron chi connectivity index (χ1n) is 37.3. The predicted molar refractivity (Wildman–Crippen MR) is 361 cm³/mol. The Bertz CT molecular complexity index is 1520. The molecule has 1 saturated heterocycles. The number of nitrogens with one attached hydrogen (secondary N) is 1. The summed E-state index contributed by atoms with van der Waals surface area (Å²) in [6.45, 7) is 4.24. The molecule has 0 radical (unpaired) electrons. The normalized spacial score (nSPS) is 18.1. The number of rotatable bonds is 66. The smallest absolute Gasteiger partial charge is 0.305 e. The molecule has 7 unspecified atom stereocenters. The molecule has 1 aliphatic heterocycles. The Morgan fingerprint density at radius 2 is 0.767 bits per heavy atom. The Morgan fingerprint density at radius 1 is 0.430 bits per heavy atom. The Kier molecular flexibility index (Phi) is 61.3. The van der Waals surface area contributed by atoms with Crippen molar-refractivity contribution in [2.75, 3.05) is 19.8 Å². The molecule has 0 aromatic carbocycles. The number of ether oxygens (including phenoxy) is 3. The lowest BCUT2D eigenvalue weighted by Crippen LogP contribution is -2.60. The summed E-state index contributed by atoms with van der Waals surface area (Å²) in [5.74, 6) is -0.175. The average Bonchev–Trinajstić information content (AvgIpc) is 3.72. The second kappa shape index (κ2) is 64.4. The van der Waals surface area contributed by atoms with Gasteiger partial charge in [0.2, 0.25) is 5.91 Å². The van der Waals surface area contributed by atoms with Gasteiger partial charge >= 0.3 is 5.97 Å². The standard InChI is InChI=1S/C75H141NO10/c1-3-5-7-9-11-13-42-47-51-55-59-63-71(80)84-64-60-56-52-48-44-41-39-37-35-33-31-29-27-25-23-21-19-17-15-16-18-20-22-24-26-28-30-32-34-36-38-40-43-46-50-54-58-62-70(79)76-67(66-85-75-74(83)73(82)72(81)69(65-77)86-75)68(78)61-57-53-49-45-14-12-10-8-6-4-2/h6,8,14,45,57,61,67-69,72-75,77-78,81-83H,3-5,7,9-13,15-44,46-56,58-60,62-66H2,1-2H3,(H,76,79)/b8-6+,45-14+,61-57+. The number of esters is 1. The van der Waals surface area contributed by atoms with Gasteiger partial charge in [-0.15, -0.1) is 0 Å². The van der Waals surface area contributed by atoms with E-state index in [4.69, 9.17) is 14.2 Å². The molecule has 6 N–H and O–H groups in total. The number of carbonyl (C=O) groups excluding carboxylic acids is 2. The van der Waals surface area contributed by atoms with E-state index in [9.17, 15) is 35.1 Å². The predicted octanol–water partition coefficient (Wildman–Crippen LogP) is 19.4. The van der Waals surface area contributed by atoms with Crippen LogP contribution in [0.5, 0.6) is 0 Å². The maximum absolute atomic E-state index is 13.0. The first-order valence-corrected chi connectivity index (χ1v) is 37.3. The molecular weight excluding hydrogens is 1070 g/mol. The Labute approximate surface area is 530 Å². The van der Waals surface area contributed by atoms with Crippen LogP contribution < -0.4 is 5.32 Å². The van der Waals surface area contributed by atoms with Crippen molar-refractivity contribution in [2.45, 2.75) is 410 Å². The van der Waals surface area contributed by atoms with Crippen molar-refractivity contribution in [1.29, 1.82) is 0 Å². The summed E-state index contributed by atoms with van der Waals surface area (Å²) < 4.78 is 16.7. The maximum Gasteiger partial charge on any atom is 0.305 e. The highest BCUT2D eigenvalue weighted by Crippen LogP contribution is 2.24. The number of carbonyl (C=O) groups is 2. The molecule has 0 spiro atoms. The number of unbranched alkanes of at least 4 members (excludes halogenated alkanes) is 48. The van der Waals surface area contributed by atoms with Gasteiger partial charge in [-0.05, 0) is 51.4 Å². The van der Waals surface area contributed by atoms with Gasteiger partial charge in [0.25, 0.3) is 0 Å². The van der Waals surface area contributed by atoms with E-state index in [1.165, 1.54) is 276 Å². The highest BCUT2D eigenvalue weighted by Gasteiger charge is 2.44. The van der Waals surface area contributed by atoms with E-state index in [1.807, 2.05) is 6.08 Å². The zero-order valence-corrected chi connectivity index (χ0v) is 56.3. The van der Waals surface area contributed by atoms with Gasteiger partial charge in [-0.25, -0.2) is 0 Å². The number of amides is 1.